The molecule has 382 valence electrons. The van der Waals surface area contributed by atoms with Gasteiger partial charge in [-0.15, -0.1) is 0 Å². The Morgan fingerprint density at radius 3 is 1.57 bits per heavy atom. The summed E-state index contributed by atoms with van der Waals surface area (Å²) in [5.41, 5.74) is 4.66. The zero-order chi connectivity index (χ0) is 50.0. The van der Waals surface area contributed by atoms with E-state index in [1.807, 2.05) is 13.8 Å². The molecule has 3 aliphatic heterocycles. The Morgan fingerprint density at radius 1 is 0.647 bits per heavy atom. The number of rotatable bonds is 13. The van der Waals surface area contributed by atoms with Gasteiger partial charge in [0.15, 0.2) is 29.6 Å². The molecule has 21 heteroatoms. The van der Waals surface area contributed by atoms with Crippen LogP contribution in [0.3, 0.4) is 0 Å². The number of nitrogens with two attached hydrogens (primary N) is 1. The van der Waals surface area contributed by atoms with Crippen LogP contribution >= 0.6 is 0 Å². The fourth-order valence-electron chi connectivity index (χ4n) is 8.19. The van der Waals surface area contributed by atoms with Crippen molar-refractivity contribution in [2.24, 2.45) is 0 Å². The number of unbranched alkanes of at least 4 members (excludes halogenated alkanes) is 7. The molecule has 0 radical (unpaired) electrons. The van der Waals surface area contributed by atoms with Crippen LogP contribution in [0.5, 0.6) is 0 Å². The number of ether oxygens (including phenoxy) is 6. The smallest absolute Gasteiger partial charge is 0.410 e. The lowest BCUT2D eigenvalue weighted by Crippen LogP contribution is -2.52. The minimum absolute atomic E-state index is 0.0625. The number of imidazole rings is 1. The van der Waals surface area contributed by atoms with Gasteiger partial charge in [-0.3, -0.25) is 14.2 Å². The summed E-state index contributed by atoms with van der Waals surface area (Å²) in [5, 5.41) is 3.02. The number of carbonyl (C=O) groups excluding carboxylic acids is 5. The van der Waals surface area contributed by atoms with Crippen LogP contribution in [-0.4, -0.2) is 169 Å². The van der Waals surface area contributed by atoms with Gasteiger partial charge in [0.05, 0.1) is 6.33 Å². The van der Waals surface area contributed by atoms with E-state index >= 15 is 0 Å². The predicted molar refractivity (Wildman–Crippen MR) is 252 cm³/mol. The summed E-state index contributed by atoms with van der Waals surface area (Å²) < 4.78 is 37.4. The number of aromatic nitrogens is 4. The first-order chi connectivity index (χ1) is 31.8. The summed E-state index contributed by atoms with van der Waals surface area (Å²) >= 11 is 0. The predicted octanol–water partition coefficient (Wildman–Crippen LogP) is 6.01. The molecular weight excluding hydrogens is 881 g/mol. The van der Waals surface area contributed by atoms with E-state index in [1.165, 1.54) is 21.0 Å². The van der Waals surface area contributed by atoms with E-state index in [-0.39, 0.29) is 70.0 Å². The average molecular weight is 959 g/mol. The fourth-order valence-corrected chi connectivity index (χ4v) is 8.19. The molecule has 2 aromatic heterocycles. The second kappa shape index (κ2) is 23.1. The number of anilines is 1. The number of nitrogens with zero attached hydrogens (tertiary/aromatic N) is 8. The first-order valence-electron chi connectivity index (χ1n) is 24.2. The van der Waals surface area contributed by atoms with Gasteiger partial charge in [0.2, 0.25) is 5.91 Å². The van der Waals surface area contributed by atoms with Crippen molar-refractivity contribution < 1.29 is 52.4 Å². The minimum Gasteiger partial charge on any atom is -0.444 e. The number of nitrogen functional groups attached to an aromatic ring is 1. The highest BCUT2D eigenvalue weighted by Crippen LogP contribution is 2.44. The highest BCUT2D eigenvalue weighted by molar-refractivity contribution is 5.83. The molecule has 2 aromatic rings. The Balaban J connectivity index is 1.06. The van der Waals surface area contributed by atoms with E-state index in [9.17, 15) is 24.0 Å². The molecule has 21 nitrogen and oxygen atoms in total. The van der Waals surface area contributed by atoms with Gasteiger partial charge >= 0.3 is 18.3 Å². The Kier molecular flexibility index (Phi) is 18.3. The van der Waals surface area contributed by atoms with Crippen LogP contribution in [-0.2, 0) is 38.0 Å². The Morgan fingerprint density at radius 2 is 1.09 bits per heavy atom. The molecular formula is C47H78N10O11. The lowest BCUT2D eigenvalue weighted by atomic mass is 10.1. The number of hydrogen-bond acceptors (Lipinski definition) is 15. The molecule has 0 spiro atoms. The number of hydrogen-bond donors (Lipinski definition) is 2. The third-order valence-electron chi connectivity index (χ3n) is 11.4. The first kappa shape index (κ1) is 53.9. The monoisotopic (exact) mass is 959 g/mol. The summed E-state index contributed by atoms with van der Waals surface area (Å²) in [6.07, 6.45) is 6.20. The summed E-state index contributed by atoms with van der Waals surface area (Å²) in [7, 11) is 0. The molecule has 3 saturated heterocycles. The van der Waals surface area contributed by atoms with Crippen molar-refractivity contribution >= 4 is 47.1 Å². The van der Waals surface area contributed by atoms with Crippen molar-refractivity contribution in [2.75, 3.05) is 64.6 Å². The van der Waals surface area contributed by atoms with Gasteiger partial charge in [0.25, 0.3) is 5.91 Å². The molecule has 5 rings (SSSR count). The molecule has 68 heavy (non-hydrogen) atoms. The van der Waals surface area contributed by atoms with Gasteiger partial charge in [0, 0.05) is 65.3 Å². The molecule has 0 aliphatic carbocycles. The van der Waals surface area contributed by atoms with E-state index in [1.54, 1.807) is 78.1 Å². The molecule has 3 N–H and O–H groups in total. The van der Waals surface area contributed by atoms with Crippen molar-refractivity contribution in [3.8, 4) is 0 Å². The van der Waals surface area contributed by atoms with Gasteiger partial charge in [-0.1, -0.05) is 38.5 Å². The molecule has 0 bridgehead atoms. The molecule has 0 aromatic carbocycles. The lowest BCUT2D eigenvalue weighted by Gasteiger charge is -2.36. The van der Waals surface area contributed by atoms with Crippen LogP contribution in [0.2, 0.25) is 0 Å². The highest BCUT2D eigenvalue weighted by atomic mass is 16.8. The second-order valence-corrected chi connectivity index (χ2v) is 21.2. The van der Waals surface area contributed by atoms with Crippen LogP contribution in [0.25, 0.3) is 11.2 Å². The van der Waals surface area contributed by atoms with Gasteiger partial charge < -0.3 is 59.1 Å². The standard InChI is InChI=1S/C47H78N10O11/c1-44(2,3)66-41(60)54-24-22-53(23-25-55(42(61)67-45(4,5)6)27-29-56(28-26-54)43(62)68-46(7,8)9)32(58)20-18-16-14-12-13-15-17-19-21-49-39(59)35-34-36(65-47(10,11)64-34)40(63-35)57-31-52-33-37(48)50-30-51-38(33)57/h30-31,34-36,40H,12-29H2,1-11H3,(H,49,59)(H2,48,50,51)/t34-,35-,36+,40+/m0/s1. The quantitative estimate of drug-likeness (QED) is 0.173. The normalized spacial score (nSPS) is 21.8. The topological polar surface area (TPSA) is 235 Å². The summed E-state index contributed by atoms with van der Waals surface area (Å²) in [4.78, 5) is 86.3. The van der Waals surface area contributed by atoms with Crippen LogP contribution in [0.4, 0.5) is 20.2 Å². The first-order valence-corrected chi connectivity index (χ1v) is 24.2. The average Bonchev–Trinajstić information content (AvgIpc) is 3.89. The molecule has 5 amide bonds. The number of carbonyl (C=O) groups is 5. The van der Waals surface area contributed by atoms with Crippen molar-refractivity contribution in [1.82, 2.24) is 44.4 Å². The molecule has 3 fully saturated rings. The third-order valence-corrected chi connectivity index (χ3v) is 11.4. The summed E-state index contributed by atoms with van der Waals surface area (Å²) in [5.74, 6) is -0.988. The molecule has 4 atom stereocenters. The molecule has 0 unspecified atom stereocenters. The van der Waals surface area contributed by atoms with Crippen LogP contribution < -0.4 is 11.1 Å². The maximum absolute atomic E-state index is 13.8. The van der Waals surface area contributed by atoms with E-state index in [0.29, 0.717) is 30.6 Å². The summed E-state index contributed by atoms with van der Waals surface area (Å²) in [6.45, 7) is 21.5. The van der Waals surface area contributed by atoms with Crippen molar-refractivity contribution in [3.63, 3.8) is 0 Å². The Hall–Kier alpha value is -5.02. The van der Waals surface area contributed by atoms with Gasteiger partial charge in [0.1, 0.15) is 40.9 Å². The van der Waals surface area contributed by atoms with Gasteiger partial charge in [-0.2, -0.15) is 0 Å². The maximum Gasteiger partial charge on any atom is 0.410 e. The number of amides is 5. The van der Waals surface area contributed by atoms with E-state index in [2.05, 4.69) is 20.3 Å². The van der Waals surface area contributed by atoms with Crippen LogP contribution in [0.1, 0.15) is 140 Å². The molecule has 0 saturated carbocycles. The van der Waals surface area contributed by atoms with Crippen molar-refractivity contribution in [1.29, 1.82) is 0 Å². The molecule has 3 aliphatic rings. The zero-order valence-corrected chi connectivity index (χ0v) is 42.3. The highest BCUT2D eigenvalue weighted by Gasteiger charge is 2.58. The fraction of sp³-hybridized carbons (Fsp3) is 0.787. The van der Waals surface area contributed by atoms with Crippen LogP contribution in [0.15, 0.2) is 12.7 Å². The Bertz CT molecular complexity index is 1980. The minimum atomic E-state index is -0.905. The van der Waals surface area contributed by atoms with E-state index in [4.69, 9.17) is 34.2 Å². The van der Waals surface area contributed by atoms with E-state index in [0.717, 1.165) is 44.9 Å². The largest absolute Gasteiger partial charge is 0.444 e. The third kappa shape index (κ3) is 16.0. The number of nitrogens with one attached hydrogen (secondary N) is 1. The molecule has 5 heterocycles. The Labute approximate surface area is 401 Å². The summed E-state index contributed by atoms with van der Waals surface area (Å²) in [6, 6.07) is 0. The van der Waals surface area contributed by atoms with E-state index < -0.39 is 65.4 Å². The SMILES string of the molecule is CC(C)(C)OC(=O)N1CCN(C(=O)CCCCCCCCCCNC(=O)[C@H]2O[C@@H](n3cnc4c(N)ncnc43)[C@@H]3OC(C)(C)O[C@H]32)CCN(C(=O)OC(C)(C)C)CCN(C(=O)OC(C)(C)C)CC1. The second-order valence-electron chi connectivity index (χ2n) is 21.2. The van der Waals surface area contributed by atoms with Crippen LogP contribution in [0, 0.1) is 0 Å². The lowest BCUT2D eigenvalue weighted by molar-refractivity contribution is -0.197. The van der Waals surface area contributed by atoms with Gasteiger partial charge in [-0.05, 0) is 89.0 Å². The van der Waals surface area contributed by atoms with Gasteiger partial charge in [-0.25, -0.2) is 29.3 Å². The van der Waals surface area contributed by atoms with Crippen molar-refractivity contribution in [3.05, 3.63) is 12.7 Å². The maximum atomic E-state index is 13.8. The zero-order valence-electron chi connectivity index (χ0n) is 42.3. The van der Waals surface area contributed by atoms with Crippen molar-refractivity contribution in [2.45, 2.75) is 181 Å². The number of fused-ring (bicyclic) bond motifs is 2.